The summed E-state index contributed by atoms with van der Waals surface area (Å²) >= 11 is 0. The van der Waals surface area contributed by atoms with E-state index in [0.717, 1.165) is 0 Å². The summed E-state index contributed by atoms with van der Waals surface area (Å²) in [6, 6.07) is -0.425. The Morgan fingerprint density at radius 3 is 2.64 bits per heavy atom. The molecule has 0 amide bonds. The van der Waals surface area contributed by atoms with Crippen LogP contribution < -0.4 is 11.1 Å². The molecule has 0 radical (unpaired) electrons. The van der Waals surface area contributed by atoms with Crippen LogP contribution in [0.1, 0.15) is 33.1 Å². The Bertz CT molecular complexity index is 551. The van der Waals surface area contributed by atoms with E-state index in [0.29, 0.717) is 24.6 Å². The highest BCUT2D eigenvalue weighted by atomic mass is 16.2. The number of piperidine rings is 1. The van der Waals surface area contributed by atoms with Crippen molar-refractivity contribution in [1.82, 2.24) is 5.32 Å². The van der Waals surface area contributed by atoms with Crippen LogP contribution in [0.5, 0.6) is 0 Å². The number of nitrogens with two attached hydrogens (primary N) is 1. The third-order valence-corrected chi connectivity index (χ3v) is 4.33. The summed E-state index contributed by atoms with van der Waals surface area (Å²) in [6.45, 7) is 4.48. The molecule has 22 heavy (non-hydrogen) atoms. The molecule has 4 N–H and O–H groups in total. The predicted molar refractivity (Wildman–Crippen MR) is 82.8 cm³/mol. The highest BCUT2D eigenvalue weighted by Crippen LogP contribution is 2.22. The molecule has 0 aromatic carbocycles. The van der Waals surface area contributed by atoms with Crippen molar-refractivity contribution in [1.29, 1.82) is 5.41 Å². The maximum absolute atomic E-state index is 12.6. The third-order valence-electron chi connectivity index (χ3n) is 4.33. The topological polar surface area (TPSA) is 113 Å². The first-order chi connectivity index (χ1) is 10.3. The zero-order valence-corrected chi connectivity index (χ0v) is 13.0. The SMILES string of the molecule is CC(C)C1CC(=N)C(C(=O)C2=CC(N)CC(=O)CC2=O)CN1. The molecule has 1 aliphatic heterocycles. The normalized spacial score (nSPS) is 30.3. The van der Waals surface area contributed by atoms with E-state index in [-0.39, 0.29) is 36.0 Å². The molecule has 1 heterocycles. The first-order valence-electron chi connectivity index (χ1n) is 7.66. The van der Waals surface area contributed by atoms with Crippen LogP contribution in [0.3, 0.4) is 0 Å². The Kier molecular flexibility index (Phi) is 5.03. The fourth-order valence-corrected chi connectivity index (χ4v) is 2.95. The number of allylic oxidation sites excluding steroid dienone is 1. The average molecular weight is 305 g/mol. The van der Waals surface area contributed by atoms with Crippen molar-refractivity contribution in [3.63, 3.8) is 0 Å². The van der Waals surface area contributed by atoms with Gasteiger partial charge >= 0.3 is 0 Å². The lowest BCUT2D eigenvalue weighted by molar-refractivity contribution is -0.126. The fraction of sp³-hybridized carbons (Fsp3) is 0.625. The molecular weight excluding hydrogens is 282 g/mol. The maximum Gasteiger partial charge on any atom is 0.176 e. The number of ketones is 3. The number of hydrogen-bond donors (Lipinski definition) is 3. The minimum absolute atomic E-state index is 0.00195. The van der Waals surface area contributed by atoms with Crippen LogP contribution in [-0.2, 0) is 14.4 Å². The van der Waals surface area contributed by atoms with Crippen molar-refractivity contribution in [2.45, 2.75) is 45.2 Å². The first kappa shape index (κ1) is 16.7. The van der Waals surface area contributed by atoms with Crippen LogP contribution in [0, 0.1) is 17.2 Å². The number of carbonyl (C=O) groups is 3. The second-order valence-corrected chi connectivity index (χ2v) is 6.49. The summed E-state index contributed by atoms with van der Waals surface area (Å²) in [6.07, 6.45) is 1.71. The van der Waals surface area contributed by atoms with Crippen molar-refractivity contribution < 1.29 is 14.4 Å². The summed E-state index contributed by atoms with van der Waals surface area (Å²) in [5, 5.41) is 11.4. The number of rotatable bonds is 3. The molecule has 3 unspecified atom stereocenters. The Labute approximate surface area is 130 Å². The average Bonchev–Trinajstić information content (AvgIpc) is 2.55. The molecule has 120 valence electrons. The Balaban J connectivity index is 2.16. The molecule has 0 aromatic rings. The lowest BCUT2D eigenvalue weighted by atomic mass is 9.82. The minimum atomic E-state index is -0.634. The van der Waals surface area contributed by atoms with Crippen molar-refractivity contribution in [2.24, 2.45) is 17.6 Å². The molecule has 2 rings (SSSR count). The van der Waals surface area contributed by atoms with Crippen LogP contribution in [-0.4, -0.2) is 41.7 Å². The van der Waals surface area contributed by atoms with Gasteiger partial charge in [-0.2, -0.15) is 0 Å². The van der Waals surface area contributed by atoms with Gasteiger partial charge in [0.15, 0.2) is 11.6 Å². The van der Waals surface area contributed by atoms with E-state index in [1.807, 2.05) is 0 Å². The van der Waals surface area contributed by atoms with Crippen LogP contribution in [0.2, 0.25) is 0 Å². The van der Waals surface area contributed by atoms with Gasteiger partial charge in [0.25, 0.3) is 0 Å². The van der Waals surface area contributed by atoms with Crippen LogP contribution in [0.25, 0.3) is 0 Å². The van der Waals surface area contributed by atoms with Gasteiger partial charge in [-0.25, -0.2) is 0 Å². The van der Waals surface area contributed by atoms with Gasteiger partial charge in [0, 0.05) is 37.2 Å². The van der Waals surface area contributed by atoms with E-state index in [1.165, 1.54) is 6.08 Å². The van der Waals surface area contributed by atoms with Crippen LogP contribution >= 0.6 is 0 Å². The fourth-order valence-electron chi connectivity index (χ4n) is 2.95. The molecule has 1 aliphatic carbocycles. The smallest absolute Gasteiger partial charge is 0.176 e. The van der Waals surface area contributed by atoms with Gasteiger partial charge < -0.3 is 16.5 Å². The van der Waals surface area contributed by atoms with Crippen molar-refractivity contribution in [2.75, 3.05) is 6.54 Å². The molecule has 0 saturated carbocycles. The molecule has 0 spiro atoms. The lowest BCUT2D eigenvalue weighted by Crippen LogP contribution is -2.49. The summed E-state index contributed by atoms with van der Waals surface area (Å²) in [4.78, 5) is 36.2. The minimum Gasteiger partial charge on any atom is -0.324 e. The van der Waals surface area contributed by atoms with Gasteiger partial charge in [0.2, 0.25) is 0 Å². The molecule has 6 nitrogen and oxygen atoms in total. The monoisotopic (exact) mass is 305 g/mol. The highest BCUT2D eigenvalue weighted by Gasteiger charge is 2.36. The Morgan fingerprint density at radius 1 is 1.36 bits per heavy atom. The number of carbonyl (C=O) groups excluding carboxylic acids is 3. The highest BCUT2D eigenvalue weighted by molar-refractivity contribution is 6.28. The van der Waals surface area contributed by atoms with Gasteiger partial charge in [-0.3, -0.25) is 14.4 Å². The van der Waals surface area contributed by atoms with Crippen molar-refractivity contribution in [3.05, 3.63) is 11.6 Å². The largest absolute Gasteiger partial charge is 0.324 e. The molecular formula is C16H23N3O3. The Morgan fingerprint density at radius 2 is 2.05 bits per heavy atom. The predicted octanol–water partition coefficient (Wildman–Crippen LogP) is 0.395. The molecule has 2 aliphatic rings. The van der Waals surface area contributed by atoms with Crippen LogP contribution in [0.4, 0.5) is 0 Å². The van der Waals surface area contributed by atoms with Crippen LogP contribution in [0.15, 0.2) is 11.6 Å². The standard InChI is InChI=1S/C16H23N3O3/c1-8(2)14-6-13(18)12(7-19-14)16(22)11-4-9(17)3-10(20)5-15(11)21/h4,8-9,12,14,18-19H,3,5-7,17H2,1-2H3. The summed E-state index contributed by atoms with van der Waals surface area (Å²) in [5.74, 6) is -1.35. The summed E-state index contributed by atoms with van der Waals surface area (Å²) in [5.41, 5.74) is 6.12. The van der Waals surface area contributed by atoms with Gasteiger partial charge in [-0.1, -0.05) is 19.9 Å². The zero-order valence-electron chi connectivity index (χ0n) is 13.0. The van der Waals surface area contributed by atoms with E-state index in [4.69, 9.17) is 11.1 Å². The van der Waals surface area contributed by atoms with E-state index < -0.39 is 17.7 Å². The molecule has 1 fully saturated rings. The quantitative estimate of drug-likeness (QED) is 0.516. The summed E-state index contributed by atoms with van der Waals surface area (Å²) in [7, 11) is 0. The van der Waals surface area contributed by atoms with Crippen molar-refractivity contribution >= 4 is 23.1 Å². The van der Waals surface area contributed by atoms with E-state index in [9.17, 15) is 14.4 Å². The second-order valence-electron chi connectivity index (χ2n) is 6.49. The zero-order chi connectivity index (χ0) is 16.4. The van der Waals surface area contributed by atoms with E-state index in [1.54, 1.807) is 0 Å². The molecule has 0 aromatic heterocycles. The second kappa shape index (κ2) is 6.62. The number of hydrogen-bond acceptors (Lipinski definition) is 6. The van der Waals surface area contributed by atoms with Gasteiger partial charge in [-0.15, -0.1) is 0 Å². The number of nitrogens with one attached hydrogen (secondary N) is 2. The van der Waals surface area contributed by atoms with Gasteiger partial charge in [0.05, 0.1) is 17.9 Å². The number of Topliss-reactive ketones (excluding diaryl/α,β-unsaturated/α-hetero) is 3. The van der Waals surface area contributed by atoms with Crippen molar-refractivity contribution in [3.8, 4) is 0 Å². The first-order valence-corrected chi connectivity index (χ1v) is 7.66. The van der Waals surface area contributed by atoms with Gasteiger partial charge in [-0.05, 0) is 5.92 Å². The maximum atomic E-state index is 12.6. The molecule has 6 heteroatoms. The third kappa shape index (κ3) is 3.56. The molecule has 3 atom stereocenters. The summed E-state index contributed by atoms with van der Waals surface area (Å²) < 4.78 is 0. The van der Waals surface area contributed by atoms with Gasteiger partial charge in [0.1, 0.15) is 5.78 Å². The van der Waals surface area contributed by atoms with E-state index in [2.05, 4.69) is 19.2 Å². The lowest BCUT2D eigenvalue weighted by Gasteiger charge is -2.32. The van der Waals surface area contributed by atoms with E-state index >= 15 is 0 Å². The Hall–Kier alpha value is -1.66. The molecule has 1 saturated heterocycles. The molecule has 0 bridgehead atoms.